The van der Waals surface area contributed by atoms with E-state index in [1.165, 1.54) is 5.56 Å². The molecule has 0 aliphatic rings. The summed E-state index contributed by atoms with van der Waals surface area (Å²) in [6, 6.07) is 10.1. The number of carbonyl (C=O) groups excluding carboxylic acids is 1. The Labute approximate surface area is 128 Å². The summed E-state index contributed by atoms with van der Waals surface area (Å²) in [6.07, 6.45) is 2.45. The van der Waals surface area contributed by atoms with Crippen LogP contribution in [0.3, 0.4) is 0 Å². The van der Waals surface area contributed by atoms with Gasteiger partial charge < -0.3 is 10.6 Å². The van der Waals surface area contributed by atoms with Crippen molar-refractivity contribution in [3.05, 3.63) is 35.9 Å². The van der Waals surface area contributed by atoms with E-state index in [9.17, 15) is 4.79 Å². The number of hydrogen-bond donors (Lipinski definition) is 1. The maximum absolute atomic E-state index is 12.2. The van der Waals surface area contributed by atoms with Gasteiger partial charge in [0.05, 0.1) is 0 Å². The Morgan fingerprint density at radius 1 is 1.25 bits per heavy atom. The molecule has 0 atom stereocenters. The van der Waals surface area contributed by atoms with Crippen LogP contribution in [0.25, 0.3) is 0 Å². The van der Waals surface area contributed by atoms with Gasteiger partial charge in [-0.25, -0.2) is 0 Å². The molecule has 0 unspecified atom stereocenters. The molecule has 4 heteroatoms. The predicted molar refractivity (Wildman–Crippen MR) is 86.9 cm³/mol. The first-order chi connectivity index (χ1) is 9.13. The third-order valence-corrected chi connectivity index (χ3v) is 3.14. The van der Waals surface area contributed by atoms with Crippen LogP contribution < -0.4 is 5.73 Å². The predicted octanol–water partition coefficient (Wildman–Crippen LogP) is 3.22. The van der Waals surface area contributed by atoms with Crippen molar-refractivity contribution in [3.8, 4) is 0 Å². The maximum Gasteiger partial charge on any atom is 0.222 e. The van der Waals surface area contributed by atoms with E-state index in [4.69, 9.17) is 5.73 Å². The van der Waals surface area contributed by atoms with Gasteiger partial charge in [-0.15, -0.1) is 12.4 Å². The number of benzene rings is 1. The van der Waals surface area contributed by atoms with Crippen LogP contribution in [0.1, 0.15) is 38.7 Å². The van der Waals surface area contributed by atoms with Crippen molar-refractivity contribution in [1.29, 1.82) is 0 Å². The first-order valence-electron chi connectivity index (χ1n) is 7.15. The van der Waals surface area contributed by atoms with Crippen molar-refractivity contribution in [1.82, 2.24) is 4.90 Å². The third-order valence-electron chi connectivity index (χ3n) is 3.14. The zero-order valence-electron chi connectivity index (χ0n) is 12.5. The zero-order valence-corrected chi connectivity index (χ0v) is 13.4. The minimum Gasteiger partial charge on any atom is -0.338 e. The standard InChI is InChI=1S/C16H26N2O.ClH/c1-14(2)9-10-16(19)18(12-6-11-17)13-15-7-4-3-5-8-15;/h3-5,7-8,14H,6,9-13,17H2,1-2H3;1H. The van der Waals surface area contributed by atoms with Crippen molar-refractivity contribution in [2.45, 2.75) is 39.7 Å². The van der Waals surface area contributed by atoms with Crippen LogP contribution in [0.15, 0.2) is 30.3 Å². The first-order valence-corrected chi connectivity index (χ1v) is 7.15. The molecule has 0 fully saturated rings. The molecule has 1 amide bonds. The van der Waals surface area contributed by atoms with E-state index >= 15 is 0 Å². The summed E-state index contributed by atoms with van der Waals surface area (Å²) in [5.41, 5.74) is 6.73. The van der Waals surface area contributed by atoms with Crippen LogP contribution >= 0.6 is 12.4 Å². The summed E-state index contributed by atoms with van der Waals surface area (Å²) < 4.78 is 0. The van der Waals surface area contributed by atoms with Gasteiger partial charge in [-0.2, -0.15) is 0 Å². The summed E-state index contributed by atoms with van der Waals surface area (Å²) in [4.78, 5) is 14.2. The molecule has 0 saturated heterocycles. The number of nitrogens with zero attached hydrogens (tertiary/aromatic N) is 1. The second-order valence-corrected chi connectivity index (χ2v) is 5.38. The van der Waals surface area contributed by atoms with E-state index in [0.29, 0.717) is 25.4 Å². The van der Waals surface area contributed by atoms with Crippen LogP contribution in [0, 0.1) is 5.92 Å². The lowest BCUT2D eigenvalue weighted by Crippen LogP contribution is -2.32. The number of halogens is 1. The van der Waals surface area contributed by atoms with Crippen LogP contribution in [0.5, 0.6) is 0 Å². The molecule has 1 aromatic rings. The fraction of sp³-hybridized carbons (Fsp3) is 0.562. The normalized spacial score (nSPS) is 10.2. The Balaban J connectivity index is 0.00000361. The molecule has 0 heterocycles. The van der Waals surface area contributed by atoms with Gasteiger partial charge >= 0.3 is 0 Å². The second-order valence-electron chi connectivity index (χ2n) is 5.38. The van der Waals surface area contributed by atoms with Crippen LogP contribution in [0.2, 0.25) is 0 Å². The third kappa shape index (κ3) is 7.51. The van der Waals surface area contributed by atoms with Gasteiger partial charge in [0.1, 0.15) is 0 Å². The second kappa shape index (κ2) is 10.7. The van der Waals surface area contributed by atoms with Gasteiger partial charge in [0.25, 0.3) is 0 Å². The lowest BCUT2D eigenvalue weighted by molar-refractivity contribution is -0.132. The highest BCUT2D eigenvalue weighted by Crippen LogP contribution is 2.10. The average Bonchev–Trinajstić information content (AvgIpc) is 2.41. The molecular formula is C16H27ClN2O. The minimum absolute atomic E-state index is 0. The lowest BCUT2D eigenvalue weighted by Gasteiger charge is -2.23. The molecule has 0 bridgehead atoms. The minimum atomic E-state index is 0. The van der Waals surface area contributed by atoms with Crippen molar-refractivity contribution in [2.75, 3.05) is 13.1 Å². The molecule has 2 N–H and O–H groups in total. The Bertz CT molecular complexity index is 368. The first kappa shape index (κ1) is 18.9. The number of carbonyl (C=O) groups is 1. The van der Waals surface area contributed by atoms with E-state index in [2.05, 4.69) is 26.0 Å². The zero-order chi connectivity index (χ0) is 14.1. The van der Waals surface area contributed by atoms with Gasteiger partial charge in [-0.05, 0) is 30.9 Å². The van der Waals surface area contributed by atoms with Gasteiger partial charge in [0.15, 0.2) is 0 Å². The maximum atomic E-state index is 12.2. The molecule has 1 aromatic carbocycles. The van der Waals surface area contributed by atoms with E-state index in [-0.39, 0.29) is 18.3 Å². The van der Waals surface area contributed by atoms with Crippen molar-refractivity contribution in [3.63, 3.8) is 0 Å². The van der Waals surface area contributed by atoms with E-state index < -0.39 is 0 Å². The summed E-state index contributed by atoms with van der Waals surface area (Å²) in [5.74, 6) is 0.808. The van der Waals surface area contributed by atoms with Gasteiger partial charge in [0, 0.05) is 19.5 Å². The number of rotatable bonds is 8. The Morgan fingerprint density at radius 3 is 2.45 bits per heavy atom. The highest BCUT2D eigenvalue weighted by molar-refractivity contribution is 5.85. The molecule has 0 aliphatic heterocycles. The molecule has 0 saturated carbocycles. The fourth-order valence-electron chi connectivity index (χ4n) is 1.95. The van der Waals surface area contributed by atoms with E-state index in [1.807, 2.05) is 23.1 Å². The smallest absolute Gasteiger partial charge is 0.222 e. The van der Waals surface area contributed by atoms with E-state index in [0.717, 1.165) is 19.4 Å². The molecule has 1 rings (SSSR count). The Hall–Kier alpha value is -1.06. The number of amides is 1. The Kier molecular flexibility index (Phi) is 10.1. The monoisotopic (exact) mass is 298 g/mol. The van der Waals surface area contributed by atoms with Crippen LogP contribution in [-0.2, 0) is 11.3 Å². The summed E-state index contributed by atoms with van der Waals surface area (Å²) >= 11 is 0. The number of nitrogens with two attached hydrogens (primary N) is 1. The van der Waals surface area contributed by atoms with Gasteiger partial charge in [0.2, 0.25) is 5.91 Å². The summed E-state index contributed by atoms with van der Waals surface area (Å²) in [7, 11) is 0. The van der Waals surface area contributed by atoms with Gasteiger partial charge in [-0.1, -0.05) is 44.2 Å². The van der Waals surface area contributed by atoms with Gasteiger partial charge in [-0.3, -0.25) is 4.79 Å². The van der Waals surface area contributed by atoms with Crippen molar-refractivity contribution >= 4 is 18.3 Å². The summed E-state index contributed by atoms with van der Waals surface area (Å²) in [6.45, 7) is 6.37. The molecule has 20 heavy (non-hydrogen) atoms. The quantitative estimate of drug-likeness (QED) is 0.801. The molecule has 0 radical (unpaired) electrons. The largest absolute Gasteiger partial charge is 0.338 e. The Morgan fingerprint density at radius 2 is 1.90 bits per heavy atom. The van der Waals surface area contributed by atoms with E-state index in [1.54, 1.807) is 0 Å². The average molecular weight is 299 g/mol. The molecule has 114 valence electrons. The highest BCUT2D eigenvalue weighted by atomic mass is 35.5. The molecule has 0 aliphatic carbocycles. The number of hydrogen-bond acceptors (Lipinski definition) is 2. The molecule has 0 spiro atoms. The molecular weight excluding hydrogens is 272 g/mol. The van der Waals surface area contributed by atoms with Crippen molar-refractivity contribution < 1.29 is 4.79 Å². The molecule has 3 nitrogen and oxygen atoms in total. The molecule has 0 aromatic heterocycles. The topological polar surface area (TPSA) is 46.3 Å². The SMILES string of the molecule is CC(C)CCC(=O)N(CCCN)Cc1ccccc1.Cl. The van der Waals surface area contributed by atoms with Crippen molar-refractivity contribution in [2.24, 2.45) is 11.7 Å². The highest BCUT2D eigenvalue weighted by Gasteiger charge is 2.13. The van der Waals surface area contributed by atoms with Crippen LogP contribution in [-0.4, -0.2) is 23.9 Å². The summed E-state index contributed by atoms with van der Waals surface area (Å²) in [5, 5.41) is 0. The fourth-order valence-corrected chi connectivity index (χ4v) is 1.95. The lowest BCUT2D eigenvalue weighted by atomic mass is 10.1. The van der Waals surface area contributed by atoms with Crippen LogP contribution in [0.4, 0.5) is 0 Å².